The molecule has 0 aliphatic heterocycles. The highest BCUT2D eigenvalue weighted by Gasteiger charge is 2.33. The van der Waals surface area contributed by atoms with E-state index >= 15 is 0 Å². The zero-order valence-corrected chi connectivity index (χ0v) is 13.9. The predicted octanol–water partition coefficient (Wildman–Crippen LogP) is 2.85. The van der Waals surface area contributed by atoms with Crippen molar-refractivity contribution in [1.82, 2.24) is 4.90 Å². The first kappa shape index (κ1) is 20.1. The summed E-state index contributed by atoms with van der Waals surface area (Å²) in [5.41, 5.74) is 0.156. The van der Waals surface area contributed by atoms with Crippen molar-refractivity contribution in [2.24, 2.45) is 0 Å². The maximum Gasteiger partial charge on any atom is 0.406 e. The monoisotopic (exact) mass is 383 g/mol. The average Bonchev–Trinajstić information content (AvgIpc) is 2.58. The Bertz CT molecular complexity index is 808. The Hall–Kier alpha value is -3.23. The molecule has 2 aromatic carbocycles. The van der Waals surface area contributed by atoms with Crippen LogP contribution < -0.4 is 0 Å². The molecule has 0 heterocycles. The lowest BCUT2D eigenvalue weighted by molar-refractivity contribution is -0.164. The van der Waals surface area contributed by atoms with Crippen LogP contribution in [0.3, 0.4) is 0 Å². The Balaban J connectivity index is 2.05. The number of amides is 1. The standard InChI is InChI=1S/C18H16F3NO5/c19-18(20,21)11-22(9-12-4-2-1-3-5-12)16(25)10-27-17(26)14-7-6-13(23)8-15(14)24/h1-8,23-24H,9-11H2. The van der Waals surface area contributed by atoms with Crippen LogP contribution in [0, 0.1) is 0 Å². The van der Waals surface area contributed by atoms with E-state index < -0.39 is 37.0 Å². The summed E-state index contributed by atoms with van der Waals surface area (Å²) in [6.45, 7) is -2.73. The molecule has 0 aliphatic rings. The number of halogens is 3. The van der Waals surface area contributed by atoms with Crippen molar-refractivity contribution in [2.45, 2.75) is 12.7 Å². The first-order valence-electron chi connectivity index (χ1n) is 7.73. The van der Waals surface area contributed by atoms with Gasteiger partial charge in [-0.1, -0.05) is 30.3 Å². The predicted molar refractivity (Wildman–Crippen MR) is 88.0 cm³/mol. The third-order valence-electron chi connectivity index (χ3n) is 3.47. The number of aromatic hydroxyl groups is 2. The van der Waals surface area contributed by atoms with Crippen molar-refractivity contribution in [3.63, 3.8) is 0 Å². The number of benzene rings is 2. The molecule has 0 saturated heterocycles. The van der Waals surface area contributed by atoms with Crippen LogP contribution in [0.4, 0.5) is 13.2 Å². The van der Waals surface area contributed by atoms with E-state index in [4.69, 9.17) is 4.74 Å². The number of alkyl halides is 3. The molecule has 2 aromatic rings. The summed E-state index contributed by atoms with van der Waals surface area (Å²) in [4.78, 5) is 24.6. The Morgan fingerprint density at radius 2 is 1.70 bits per heavy atom. The van der Waals surface area contributed by atoms with E-state index in [1.54, 1.807) is 30.3 Å². The fourth-order valence-corrected chi connectivity index (χ4v) is 2.24. The van der Waals surface area contributed by atoms with Gasteiger partial charge in [-0.15, -0.1) is 0 Å². The molecule has 0 bridgehead atoms. The molecule has 0 radical (unpaired) electrons. The molecule has 0 atom stereocenters. The first-order valence-corrected chi connectivity index (χ1v) is 7.73. The second-order valence-electron chi connectivity index (χ2n) is 5.63. The van der Waals surface area contributed by atoms with E-state index in [2.05, 4.69) is 0 Å². The Morgan fingerprint density at radius 3 is 2.30 bits per heavy atom. The number of ether oxygens (including phenoxy) is 1. The molecule has 0 saturated carbocycles. The van der Waals surface area contributed by atoms with Crippen molar-refractivity contribution in [1.29, 1.82) is 0 Å². The lowest BCUT2D eigenvalue weighted by Crippen LogP contribution is -2.40. The van der Waals surface area contributed by atoms with Gasteiger partial charge in [0.1, 0.15) is 23.6 Å². The summed E-state index contributed by atoms with van der Waals surface area (Å²) in [5.74, 6) is -3.02. The highest BCUT2D eigenvalue weighted by molar-refractivity contribution is 5.94. The van der Waals surface area contributed by atoms with Crippen LogP contribution in [0.15, 0.2) is 48.5 Å². The maximum atomic E-state index is 12.8. The number of phenolic OH excluding ortho intramolecular Hbond substituents is 2. The number of rotatable bonds is 6. The fraction of sp³-hybridized carbons (Fsp3) is 0.222. The van der Waals surface area contributed by atoms with Gasteiger partial charge in [0, 0.05) is 12.6 Å². The van der Waals surface area contributed by atoms with E-state index in [0.717, 1.165) is 18.2 Å². The van der Waals surface area contributed by atoms with Gasteiger partial charge in [0.05, 0.1) is 0 Å². The zero-order chi connectivity index (χ0) is 20.0. The topological polar surface area (TPSA) is 87.1 Å². The van der Waals surface area contributed by atoms with Gasteiger partial charge in [-0.3, -0.25) is 4.79 Å². The number of hydrogen-bond acceptors (Lipinski definition) is 5. The molecular formula is C18H16F3NO5. The van der Waals surface area contributed by atoms with E-state index in [-0.39, 0.29) is 17.9 Å². The van der Waals surface area contributed by atoms with Crippen LogP contribution in [0.25, 0.3) is 0 Å². The first-order chi connectivity index (χ1) is 12.7. The summed E-state index contributed by atoms with van der Waals surface area (Å²) in [6.07, 6.45) is -4.62. The fourth-order valence-electron chi connectivity index (χ4n) is 2.24. The third kappa shape index (κ3) is 6.21. The lowest BCUT2D eigenvalue weighted by atomic mass is 10.2. The summed E-state index contributed by atoms with van der Waals surface area (Å²) in [5, 5.41) is 18.8. The number of nitrogens with zero attached hydrogens (tertiary/aromatic N) is 1. The Kier molecular flexibility index (Phi) is 6.27. The second kappa shape index (κ2) is 8.43. The Morgan fingerprint density at radius 1 is 1.04 bits per heavy atom. The molecule has 0 aliphatic carbocycles. The van der Waals surface area contributed by atoms with Crippen LogP contribution in [0.1, 0.15) is 15.9 Å². The van der Waals surface area contributed by atoms with E-state index in [9.17, 15) is 33.0 Å². The highest BCUT2D eigenvalue weighted by Crippen LogP contribution is 2.23. The summed E-state index contributed by atoms with van der Waals surface area (Å²) < 4.78 is 43.0. The molecule has 2 N–H and O–H groups in total. The number of hydrogen-bond donors (Lipinski definition) is 2. The lowest BCUT2D eigenvalue weighted by Gasteiger charge is -2.24. The second-order valence-corrected chi connectivity index (χ2v) is 5.63. The van der Waals surface area contributed by atoms with Crippen molar-refractivity contribution >= 4 is 11.9 Å². The Labute approximate surface area is 152 Å². The minimum Gasteiger partial charge on any atom is -0.508 e. The van der Waals surface area contributed by atoms with Gasteiger partial charge in [-0.2, -0.15) is 13.2 Å². The minimum absolute atomic E-state index is 0.292. The van der Waals surface area contributed by atoms with Gasteiger partial charge in [0.15, 0.2) is 6.61 Å². The van der Waals surface area contributed by atoms with Gasteiger partial charge in [-0.05, 0) is 17.7 Å². The van der Waals surface area contributed by atoms with Crippen molar-refractivity contribution in [3.05, 3.63) is 59.7 Å². The van der Waals surface area contributed by atoms with Crippen LogP contribution in [0.5, 0.6) is 11.5 Å². The van der Waals surface area contributed by atoms with Crippen LogP contribution in [-0.4, -0.2) is 46.3 Å². The maximum absolute atomic E-state index is 12.8. The van der Waals surface area contributed by atoms with Crippen molar-refractivity contribution < 1.29 is 37.7 Å². The average molecular weight is 383 g/mol. The zero-order valence-electron chi connectivity index (χ0n) is 13.9. The molecule has 0 unspecified atom stereocenters. The molecule has 6 nitrogen and oxygen atoms in total. The van der Waals surface area contributed by atoms with Gasteiger partial charge >= 0.3 is 12.1 Å². The molecule has 0 aromatic heterocycles. The number of carbonyl (C=O) groups is 2. The largest absolute Gasteiger partial charge is 0.508 e. The highest BCUT2D eigenvalue weighted by atomic mass is 19.4. The molecule has 0 fully saturated rings. The van der Waals surface area contributed by atoms with Crippen LogP contribution >= 0.6 is 0 Å². The van der Waals surface area contributed by atoms with E-state index in [1.165, 1.54) is 0 Å². The van der Waals surface area contributed by atoms with Crippen molar-refractivity contribution in [3.8, 4) is 11.5 Å². The summed E-state index contributed by atoms with van der Waals surface area (Å²) in [7, 11) is 0. The van der Waals surface area contributed by atoms with Gasteiger partial charge in [0.25, 0.3) is 5.91 Å². The van der Waals surface area contributed by atoms with Gasteiger partial charge < -0.3 is 19.8 Å². The van der Waals surface area contributed by atoms with Crippen molar-refractivity contribution in [2.75, 3.05) is 13.2 Å². The molecule has 0 spiro atoms. The van der Waals surface area contributed by atoms with E-state index in [0.29, 0.717) is 10.5 Å². The third-order valence-corrected chi connectivity index (χ3v) is 3.47. The normalized spacial score (nSPS) is 11.1. The molecule has 9 heteroatoms. The summed E-state index contributed by atoms with van der Waals surface area (Å²) >= 11 is 0. The van der Waals surface area contributed by atoms with Crippen LogP contribution in [-0.2, 0) is 16.1 Å². The number of carbonyl (C=O) groups excluding carboxylic acids is 2. The quantitative estimate of drug-likeness (QED) is 0.749. The molecule has 27 heavy (non-hydrogen) atoms. The van der Waals surface area contributed by atoms with Crippen LogP contribution in [0.2, 0.25) is 0 Å². The van der Waals surface area contributed by atoms with Gasteiger partial charge in [-0.25, -0.2) is 4.79 Å². The smallest absolute Gasteiger partial charge is 0.406 e. The molecular weight excluding hydrogens is 367 g/mol. The molecule has 144 valence electrons. The SMILES string of the molecule is O=C(OCC(=O)N(Cc1ccccc1)CC(F)(F)F)c1ccc(O)cc1O. The molecule has 1 amide bonds. The van der Waals surface area contributed by atoms with E-state index in [1.807, 2.05) is 0 Å². The number of esters is 1. The summed E-state index contributed by atoms with van der Waals surface area (Å²) in [6, 6.07) is 11.1. The minimum atomic E-state index is -4.62. The number of phenols is 2. The van der Waals surface area contributed by atoms with Gasteiger partial charge in [0.2, 0.25) is 0 Å². The molecule has 2 rings (SSSR count).